The fourth-order valence-corrected chi connectivity index (χ4v) is 0.866. The summed E-state index contributed by atoms with van der Waals surface area (Å²) in [7, 11) is 3.71. The number of thiocarbonyl (C=S) groups is 1. The van der Waals surface area contributed by atoms with Crippen molar-refractivity contribution < 1.29 is 0 Å². The van der Waals surface area contributed by atoms with Crippen LogP contribution in [0.15, 0.2) is 12.4 Å². The van der Waals surface area contributed by atoms with Gasteiger partial charge in [0.15, 0.2) is 5.82 Å². The molecule has 0 bridgehead atoms. The van der Waals surface area contributed by atoms with Gasteiger partial charge in [-0.05, 0) is 0 Å². The van der Waals surface area contributed by atoms with Crippen LogP contribution in [-0.4, -0.2) is 34.1 Å². The molecule has 0 fully saturated rings. The van der Waals surface area contributed by atoms with Crippen LogP contribution in [0.2, 0.25) is 0 Å². The third-order valence-electron chi connectivity index (χ3n) is 1.23. The summed E-state index contributed by atoms with van der Waals surface area (Å²) in [5.74, 6) is 0.621. The van der Waals surface area contributed by atoms with Crippen molar-refractivity contribution in [2.45, 2.75) is 0 Å². The molecular formula is C7H11N5S. The van der Waals surface area contributed by atoms with Gasteiger partial charge in [0, 0.05) is 14.1 Å². The Labute approximate surface area is 81.9 Å². The van der Waals surface area contributed by atoms with Gasteiger partial charge in [-0.25, -0.2) is 9.99 Å². The second-order valence-electron chi connectivity index (χ2n) is 2.66. The zero-order chi connectivity index (χ0) is 9.84. The van der Waals surface area contributed by atoms with Gasteiger partial charge in [-0.3, -0.25) is 4.98 Å². The van der Waals surface area contributed by atoms with E-state index in [1.807, 2.05) is 14.1 Å². The fourth-order valence-electron chi connectivity index (χ4n) is 0.768. The fraction of sp³-hybridized carbons (Fsp3) is 0.286. The molecule has 0 aliphatic heterocycles. The Balaban J connectivity index is 2.85. The molecular weight excluding hydrogens is 186 g/mol. The average Bonchev–Trinajstić information content (AvgIpc) is 2.03. The minimum absolute atomic E-state index is 0.245. The Morgan fingerprint density at radius 2 is 2.23 bits per heavy atom. The van der Waals surface area contributed by atoms with E-state index in [-0.39, 0.29) is 4.99 Å². The molecule has 1 aromatic heterocycles. The van der Waals surface area contributed by atoms with Gasteiger partial charge in [0.1, 0.15) is 10.7 Å². The highest BCUT2D eigenvalue weighted by molar-refractivity contribution is 7.80. The maximum absolute atomic E-state index is 5.40. The number of hydrazine groups is 1. The number of rotatable bonds is 3. The van der Waals surface area contributed by atoms with Gasteiger partial charge in [0.05, 0.1) is 12.4 Å². The smallest absolute Gasteiger partial charge is 0.159 e. The Hall–Kier alpha value is -1.27. The second kappa shape index (κ2) is 4.11. The van der Waals surface area contributed by atoms with Crippen molar-refractivity contribution in [3.8, 4) is 0 Å². The van der Waals surface area contributed by atoms with E-state index in [1.54, 1.807) is 11.2 Å². The lowest BCUT2D eigenvalue weighted by Gasteiger charge is -2.12. The molecule has 6 heteroatoms. The maximum Gasteiger partial charge on any atom is 0.159 e. The molecule has 0 aliphatic rings. The molecule has 0 saturated carbocycles. The predicted molar refractivity (Wildman–Crippen MR) is 55.2 cm³/mol. The number of hydrogen-bond acceptors (Lipinski definition) is 5. The molecule has 5 nitrogen and oxygen atoms in total. The first-order valence-electron chi connectivity index (χ1n) is 3.65. The predicted octanol–water partition coefficient (Wildman–Crippen LogP) is -0.000700. The van der Waals surface area contributed by atoms with Crippen molar-refractivity contribution in [2.24, 2.45) is 5.73 Å². The largest absolute Gasteiger partial charge is 0.388 e. The summed E-state index contributed by atoms with van der Waals surface area (Å²) in [5.41, 5.74) is 8.86. The van der Waals surface area contributed by atoms with Crippen molar-refractivity contribution in [3.05, 3.63) is 18.1 Å². The van der Waals surface area contributed by atoms with Gasteiger partial charge in [-0.2, -0.15) is 0 Å². The summed E-state index contributed by atoms with van der Waals surface area (Å²) < 4.78 is 0. The van der Waals surface area contributed by atoms with Crippen LogP contribution in [0.1, 0.15) is 5.69 Å². The Morgan fingerprint density at radius 1 is 1.54 bits per heavy atom. The Bertz CT molecular complexity index is 312. The highest BCUT2D eigenvalue weighted by Gasteiger charge is 2.00. The second-order valence-corrected chi connectivity index (χ2v) is 3.10. The molecule has 3 N–H and O–H groups in total. The SMILES string of the molecule is CN(C)Nc1cncc(C(N)=S)n1. The van der Waals surface area contributed by atoms with E-state index in [0.29, 0.717) is 11.5 Å². The molecule has 1 rings (SSSR count). The number of hydrogen-bond donors (Lipinski definition) is 2. The Morgan fingerprint density at radius 3 is 2.77 bits per heavy atom. The molecule has 70 valence electrons. The van der Waals surface area contributed by atoms with E-state index >= 15 is 0 Å². The van der Waals surface area contributed by atoms with E-state index in [9.17, 15) is 0 Å². The van der Waals surface area contributed by atoms with Crippen molar-refractivity contribution in [2.75, 3.05) is 19.5 Å². The third-order valence-corrected chi connectivity index (χ3v) is 1.43. The van der Waals surface area contributed by atoms with Crippen molar-refractivity contribution in [1.82, 2.24) is 15.0 Å². The van der Waals surface area contributed by atoms with E-state index in [0.717, 1.165) is 0 Å². The molecule has 0 radical (unpaired) electrons. The van der Waals surface area contributed by atoms with Gasteiger partial charge in [-0.1, -0.05) is 12.2 Å². The number of aromatic nitrogens is 2. The molecule has 0 atom stereocenters. The lowest BCUT2D eigenvalue weighted by molar-refractivity contribution is 0.492. The zero-order valence-corrected chi connectivity index (χ0v) is 8.30. The summed E-state index contributed by atoms with van der Waals surface area (Å²) in [4.78, 5) is 8.32. The number of anilines is 1. The van der Waals surface area contributed by atoms with Crippen LogP contribution in [0.25, 0.3) is 0 Å². The number of nitrogens with two attached hydrogens (primary N) is 1. The summed E-state index contributed by atoms with van der Waals surface area (Å²) in [6, 6.07) is 0. The topological polar surface area (TPSA) is 67.1 Å². The molecule has 0 unspecified atom stereocenters. The van der Waals surface area contributed by atoms with E-state index in [1.165, 1.54) is 6.20 Å². The van der Waals surface area contributed by atoms with Crippen LogP contribution in [-0.2, 0) is 0 Å². The molecule has 1 heterocycles. The number of nitrogens with one attached hydrogen (secondary N) is 1. The van der Waals surface area contributed by atoms with Crippen LogP contribution in [0.4, 0.5) is 5.82 Å². The minimum atomic E-state index is 0.245. The van der Waals surface area contributed by atoms with Gasteiger partial charge < -0.3 is 11.2 Å². The lowest BCUT2D eigenvalue weighted by atomic mass is 10.4. The van der Waals surface area contributed by atoms with Crippen molar-refractivity contribution >= 4 is 23.0 Å². The normalized spacial score (nSPS) is 10.1. The minimum Gasteiger partial charge on any atom is -0.388 e. The molecule has 0 saturated heterocycles. The third kappa shape index (κ3) is 2.92. The monoisotopic (exact) mass is 197 g/mol. The quantitative estimate of drug-likeness (QED) is 0.525. The lowest BCUT2D eigenvalue weighted by Crippen LogP contribution is -2.21. The van der Waals surface area contributed by atoms with Crippen LogP contribution in [0, 0.1) is 0 Å². The van der Waals surface area contributed by atoms with E-state index < -0.39 is 0 Å². The Kier molecular flexibility index (Phi) is 3.10. The van der Waals surface area contributed by atoms with E-state index in [2.05, 4.69) is 15.4 Å². The molecule has 13 heavy (non-hydrogen) atoms. The van der Waals surface area contributed by atoms with Crippen LogP contribution < -0.4 is 11.2 Å². The van der Waals surface area contributed by atoms with Crippen LogP contribution >= 0.6 is 12.2 Å². The van der Waals surface area contributed by atoms with Crippen LogP contribution in [0.3, 0.4) is 0 Å². The molecule has 1 aromatic rings. The summed E-state index contributed by atoms with van der Waals surface area (Å²) in [5, 5.41) is 1.76. The first-order chi connectivity index (χ1) is 6.09. The van der Waals surface area contributed by atoms with Gasteiger partial charge in [0.25, 0.3) is 0 Å². The zero-order valence-electron chi connectivity index (χ0n) is 7.48. The van der Waals surface area contributed by atoms with Crippen molar-refractivity contribution in [3.63, 3.8) is 0 Å². The maximum atomic E-state index is 5.40. The average molecular weight is 197 g/mol. The van der Waals surface area contributed by atoms with Crippen LogP contribution in [0.5, 0.6) is 0 Å². The molecule has 0 spiro atoms. The highest BCUT2D eigenvalue weighted by atomic mass is 32.1. The van der Waals surface area contributed by atoms with E-state index in [4.69, 9.17) is 18.0 Å². The van der Waals surface area contributed by atoms with Gasteiger partial charge >= 0.3 is 0 Å². The molecule has 0 aromatic carbocycles. The number of nitrogens with zero attached hydrogens (tertiary/aromatic N) is 3. The molecule has 0 amide bonds. The first kappa shape index (κ1) is 9.82. The summed E-state index contributed by atoms with van der Waals surface area (Å²) in [6.07, 6.45) is 3.13. The summed E-state index contributed by atoms with van der Waals surface area (Å²) in [6.45, 7) is 0. The first-order valence-corrected chi connectivity index (χ1v) is 4.06. The van der Waals surface area contributed by atoms with Gasteiger partial charge in [-0.15, -0.1) is 0 Å². The standard InChI is InChI=1S/C7H11N5S/c1-12(2)11-6-4-9-3-5(10-6)7(8)13/h3-4H,1-2H3,(H2,8,13)(H,10,11). The van der Waals surface area contributed by atoms with Gasteiger partial charge in [0.2, 0.25) is 0 Å². The highest BCUT2D eigenvalue weighted by Crippen LogP contribution is 2.01. The molecule has 0 aliphatic carbocycles. The van der Waals surface area contributed by atoms with Crippen molar-refractivity contribution in [1.29, 1.82) is 0 Å². The summed E-state index contributed by atoms with van der Waals surface area (Å²) >= 11 is 4.77.